The fourth-order valence-corrected chi connectivity index (χ4v) is 1.97. The zero-order valence-corrected chi connectivity index (χ0v) is 10.4. The van der Waals surface area contributed by atoms with Crippen molar-refractivity contribution in [3.63, 3.8) is 0 Å². The molecule has 1 fully saturated rings. The van der Waals surface area contributed by atoms with Crippen molar-refractivity contribution in [2.24, 2.45) is 0 Å². The zero-order valence-electron chi connectivity index (χ0n) is 10.4. The van der Waals surface area contributed by atoms with Gasteiger partial charge in [-0.1, -0.05) is 6.07 Å². The van der Waals surface area contributed by atoms with E-state index in [4.69, 9.17) is 0 Å². The topological polar surface area (TPSA) is 67.8 Å². The quantitative estimate of drug-likeness (QED) is 0.907. The van der Waals surface area contributed by atoms with Gasteiger partial charge in [0, 0.05) is 24.0 Å². The third-order valence-electron chi connectivity index (χ3n) is 3.28. The molecule has 1 aliphatic carbocycles. The number of rotatable bonds is 3. The third-order valence-corrected chi connectivity index (χ3v) is 3.28. The van der Waals surface area contributed by atoms with Crippen LogP contribution in [0.3, 0.4) is 0 Å². The number of carbonyl (C=O) groups excluding carboxylic acids is 1. The number of hydrogen-bond donors (Lipinski definition) is 1. The van der Waals surface area contributed by atoms with Crippen molar-refractivity contribution in [3.8, 4) is 11.3 Å². The van der Waals surface area contributed by atoms with Gasteiger partial charge in [-0.3, -0.25) is 4.79 Å². The van der Waals surface area contributed by atoms with Gasteiger partial charge in [0.05, 0.1) is 5.69 Å². The Labute approximate surface area is 111 Å². The van der Waals surface area contributed by atoms with Crippen LogP contribution in [0.4, 0.5) is 0 Å². The molecule has 1 aliphatic rings. The first-order chi connectivity index (χ1) is 9.33. The summed E-state index contributed by atoms with van der Waals surface area (Å²) in [5, 5.41) is 2.98. The standard InChI is InChI=1S/C14H14N4O/c19-14(17-11-3-1-4-11)13-6-2-5-12(18-13)10-7-15-9-16-8-10/h2,5-9,11H,1,3-4H2,(H,17,19). The van der Waals surface area contributed by atoms with Crippen molar-refractivity contribution >= 4 is 5.91 Å². The fraction of sp³-hybridized carbons (Fsp3) is 0.286. The van der Waals surface area contributed by atoms with E-state index in [2.05, 4.69) is 20.3 Å². The van der Waals surface area contributed by atoms with Crippen LogP contribution in [0.25, 0.3) is 11.3 Å². The minimum atomic E-state index is -0.108. The second-order valence-electron chi connectivity index (χ2n) is 4.64. The highest BCUT2D eigenvalue weighted by molar-refractivity contribution is 5.93. The summed E-state index contributed by atoms with van der Waals surface area (Å²) in [5.74, 6) is -0.108. The third kappa shape index (κ3) is 2.59. The fourth-order valence-electron chi connectivity index (χ4n) is 1.97. The lowest BCUT2D eigenvalue weighted by Gasteiger charge is -2.26. The molecule has 1 saturated carbocycles. The van der Waals surface area contributed by atoms with Crippen LogP contribution < -0.4 is 5.32 Å². The Bertz CT molecular complexity index is 581. The van der Waals surface area contributed by atoms with E-state index in [1.807, 2.05) is 12.1 Å². The first-order valence-electron chi connectivity index (χ1n) is 6.36. The van der Waals surface area contributed by atoms with E-state index in [1.54, 1.807) is 18.5 Å². The molecule has 96 valence electrons. The second-order valence-corrected chi connectivity index (χ2v) is 4.64. The van der Waals surface area contributed by atoms with Gasteiger partial charge in [-0.05, 0) is 31.4 Å². The molecule has 2 heterocycles. The van der Waals surface area contributed by atoms with Crippen LogP contribution in [-0.4, -0.2) is 26.9 Å². The Balaban J connectivity index is 1.81. The maximum atomic E-state index is 12.0. The van der Waals surface area contributed by atoms with E-state index in [1.165, 1.54) is 12.7 Å². The minimum absolute atomic E-state index is 0.108. The zero-order chi connectivity index (χ0) is 13.1. The number of nitrogens with one attached hydrogen (secondary N) is 1. The Morgan fingerprint density at radius 1 is 1.21 bits per heavy atom. The summed E-state index contributed by atoms with van der Waals surface area (Å²) >= 11 is 0. The van der Waals surface area contributed by atoms with E-state index >= 15 is 0 Å². The largest absolute Gasteiger partial charge is 0.348 e. The molecular formula is C14H14N4O. The highest BCUT2D eigenvalue weighted by atomic mass is 16.1. The molecule has 0 saturated heterocycles. The summed E-state index contributed by atoms with van der Waals surface area (Å²) < 4.78 is 0. The van der Waals surface area contributed by atoms with Crippen molar-refractivity contribution in [2.75, 3.05) is 0 Å². The molecule has 19 heavy (non-hydrogen) atoms. The lowest BCUT2D eigenvalue weighted by Crippen LogP contribution is -2.39. The van der Waals surface area contributed by atoms with E-state index in [0.29, 0.717) is 17.4 Å². The summed E-state index contributed by atoms with van der Waals surface area (Å²) in [6.45, 7) is 0. The van der Waals surface area contributed by atoms with Gasteiger partial charge in [0.15, 0.2) is 0 Å². The van der Waals surface area contributed by atoms with Gasteiger partial charge in [-0.25, -0.2) is 15.0 Å². The van der Waals surface area contributed by atoms with Crippen LogP contribution in [0.2, 0.25) is 0 Å². The van der Waals surface area contributed by atoms with Gasteiger partial charge in [0.1, 0.15) is 12.0 Å². The molecule has 0 spiro atoms. The maximum Gasteiger partial charge on any atom is 0.270 e. The summed E-state index contributed by atoms with van der Waals surface area (Å²) in [4.78, 5) is 24.3. The second kappa shape index (κ2) is 5.14. The van der Waals surface area contributed by atoms with Crippen LogP contribution in [-0.2, 0) is 0 Å². The van der Waals surface area contributed by atoms with E-state index in [-0.39, 0.29) is 5.91 Å². The average Bonchev–Trinajstić information content (AvgIpc) is 2.44. The van der Waals surface area contributed by atoms with Gasteiger partial charge in [-0.2, -0.15) is 0 Å². The Morgan fingerprint density at radius 2 is 2.00 bits per heavy atom. The van der Waals surface area contributed by atoms with Crippen molar-refractivity contribution in [2.45, 2.75) is 25.3 Å². The molecule has 0 atom stereocenters. The first kappa shape index (κ1) is 11.8. The lowest BCUT2D eigenvalue weighted by molar-refractivity contribution is 0.0912. The predicted molar refractivity (Wildman–Crippen MR) is 70.4 cm³/mol. The molecule has 0 unspecified atom stereocenters. The van der Waals surface area contributed by atoms with Crippen LogP contribution >= 0.6 is 0 Å². The number of carbonyl (C=O) groups is 1. The Morgan fingerprint density at radius 3 is 2.68 bits per heavy atom. The van der Waals surface area contributed by atoms with Crippen LogP contribution in [0.1, 0.15) is 29.8 Å². The number of aromatic nitrogens is 3. The normalized spacial score (nSPS) is 14.7. The minimum Gasteiger partial charge on any atom is -0.348 e. The lowest BCUT2D eigenvalue weighted by atomic mass is 9.93. The van der Waals surface area contributed by atoms with E-state index in [0.717, 1.165) is 18.4 Å². The molecule has 2 aromatic heterocycles. The molecule has 0 radical (unpaired) electrons. The molecule has 5 nitrogen and oxygen atoms in total. The smallest absolute Gasteiger partial charge is 0.270 e. The maximum absolute atomic E-state index is 12.0. The molecule has 5 heteroatoms. The molecule has 0 aromatic carbocycles. The van der Waals surface area contributed by atoms with Gasteiger partial charge in [0.25, 0.3) is 5.91 Å². The molecule has 3 rings (SSSR count). The summed E-state index contributed by atoms with van der Waals surface area (Å²) in [7, 11) is 0. The molecule has 1 N–H and O–H groups in total. The van der Waals surface area contributed by atoms with Crippen molar-refractivity contribution in [3.05, 3.63) is 42.6 Å². The highest BCUT2D eigenvalue weighted by Gasteiger charge is 2.20. The predicted octanol–water partition coefficient (Wildman–Crippen LogP) is 1.82. The van der Waals surface area contributed by atoms with Gasteiger partial charge in [0.2, 0.25) is 0 Å². The van der Waals surface area contributed by atoms with E-state index in [9.17, 15) is 4.79 Å². The van der Waals surface area contributed by atoms with Gasteiger partial charge in [-0.15, -0.1) is 0 Å². The monoisotopic (exact) mass is 254 g/mol. The van der Waals surface area contributed by atoms with Crippen LogP contribution in [0.15, 0.2) is 36.9 Å². The number of amides is 1. The molecule has 2 aromatic rings. The molecular weight excluding hydrogens is 240 g/mol. The number of hydrogen-bond acceptors (Lipinski definition) is 4. The van der Waals surface area contributed by atoms with Crippen molar-refractivity contribution in [1.82, 2.24) is 20.3 Å². The Hall–Kier alpha value is -2.30. The highest BCUT2D eigenvalue weighted by Crippen LogP contribution is 2.19. The van der Waals surface area contributed by atoms with Crippen LogP contribution in [0, 0.1) is 0 Å². The summed E-state index contributed by atoms with van der Waals surface area (Å²) in [6.07, 6.45) is 8.16. The first-order valence-corrected chi connectivity index (χ1v) is 6.36. The van der Waals surface area contributed by atoms with Crippen molar-refractivity contribution in [1.29, 1.82) is 0 Å². The number of pyridine rings is 1. The summed E-state index contributed by atoms with van der Waals surface area (Å²) in [5.41, 5.74) is 1.95. The van der Waals surface area contributed by atoms with Crippen LogP contribution in [0.5, 0.6) is 0 Å². The summed E-state index contributed by atoms with van der Waals surface area (Å²) in [6, 6.07) is 5.71. The average molecular weight is 254 g/mol. The van der Waals surface area contributed by atoms with Gasteiger partial charge >= 0.3 is 0 Å². The van der Waals surface area contributed by atoms with Gasteiger partial charge < -0.3 is 5.32 Å². The van der Waals surface area contributed by atoms with E-state index < -0.39 is 0 Å². The molecule has 0 bridgehead atoms. The molecule has 1 amide bonds. The van der Waals surface area contributed by atoms with Crippen molar-refractivity contribution < 1.29 is 4.79 Å². The Kier molecular flexibility index (Phi) is 3.18. The number of nitrogens with zero attached hydrogens (tertiary/aromatic N) is 3. The molecule has 0 aliphatic heterocycles. The SMILES string of the molecule is O=C(NC1CCC1)c1cccc(-c2cncnc2)n1.